The maximum absolute atomic E-state index is 12.0. The molecule has 1 aromatic rings. The van der Waals surface area contributed by atoms with Crippen molar-refractivity contribution in [2.45, 2.75) is 6.42 Å². The summed E-state index contributed by atoms with van der Waals surface area (Å²) in [6.45, 7) is 4.86. The normalized spacial score (nSPS) is 16.4. The first-order valence-corrected chi connectivity index (χ1v) is 7.44. The number of carbonyl (C=O) groups is 1. The predicted molar refractivity (Wildman–Crippen MR) is 82.1 cm³/mol. The van der Waals surface area contributed by atoms with Crippen LogP contribution in [0.2, 0.25) is 5.02 Å². The summed E-state index contributed by atoms with van der Waals surface area (Å²) in [5, 5.41) is 3.98. The molecule has 20 heavy (non-hydrogen) atoms. The standard InChI is InChI=1S/C15H22ClN3O/c1-18-8-10-19(11-9-18)15(20)12-17-7-6-13-2-4-14(16)5-3-13/h2-5,17H,6-12H2,1H3. The van der Waals surface area contributed by atoms with Crippen molar-refractivity contribution in [3.05, 3.63) is 34.9 Å². The Labute approximate surface area is 125 Å². The highest BCUT2D eigenvalue weighted by Crippen LogP contribution is 2.09. The summed E-state index contributed by atoms with van der Waals surface area (Å²) < 4.78 is 0. The minimum absolute atomic E-state index is 0.203. The molecule has 0 aliphatic carbocycles. The summed E-state index contributed by atoms with van der Waals surface area (Å²) in [5.74, 6) is 0.203. The molecule has 0 spiro atoms. The third kappa shape index (κ3) is 4.78. The molecule has 0 saturated carbocycles. The molecule has 1 aliphatic rings. The summed E-state index contributed by atoms with van der Waals surface area (Å²) >= 11 is 5.84. The Morgan fingerprint density at radius 2 is 1.85 bits per heavy atom. The van der Waals surface area contributed by atoms with E-state index in [0.717, 1.165) is 44.2 Å². The van der Waals surface area contributed by atoms with Gasteiger partial charge in [0.1, 0.15) is 0 Å². The molecular weight excluding hydrogens is 274 g/mol. The number of benzene rings is 1. The summed E-state index contributed by atoms with van der Waals surface area (Å²) in [5.41, 5.74) is 1.23. The number of carbonyl (C=O) groups excluding carboxylic acids is 1. The molecule has 1 aliphatic heterocycles. The van der Waals surface area contributed by atoms with Gasteiger partial charge >= 0.3 is 0 Å². The van der Waals surface area contributed by atoms with Gasteiger partial charge in [-0.25, -0.2) is 0 Å². The average Bonchev–Trinajstić information content (AvgIpc) is 2.46. The molecule has 1 N–H and O–H groups in total. The molecule has 110 valence electrons. The van der Waals surface area contributed by atoms with Gasteiger partial charge in [-0.2, -0.15) is 0 Å². The number of amides is 1. The second-order valence-corrected chi connectivity index (χ2v) is 5.67. The Bertz CT molecular complexity index is 427. The predicted octanol–water partition coefficient (Wildman–Crippen LogP) is 1.25. The third-order valence-electron chi connectivity index (χ3n) is 3.64. The van der Waals surface area contributed by atoms with Gasteiger partial charge in [0.25, 0.3) is 0 Å². The number of piperazine rings is 1. The molecule has 1 saturated heterocycles. The highest BCUT2D eigenvalue weighted by Gasteiger charge is 2.18. The molecule has 4 nitrogen and oxygen atoms in total. The number of hydrogen-bond acceptors (Lipinski definition) is 3. The van der Waals surface area contributed by atoms with Gasteiger partial charge < -0.3 is 15.1 Å². The van der Waals surface area contributed by atoms with Gasteiger partial charge in [-0.3, -0.25) is 4.79 Å². The number of nitrogens with one attached hydrogen (secondary N) is 1. The highest BCUT2D eigenvalue weighted by atomic mass is 35.5. The van der Waals surface area contributed by atoms with E-state index < -0.39 is 0 Å². The molecule has 0 aromatic heterocycles. The summed E-state index contributed by atoms with van der Waals surface area (Å²) in [4.78, 5) is 16.2. The van der Waals surface area contributed by atoms with Gasteiger partial charge in [-0.05, 0) is 37.7 Å². The van der Waals surface area contributed by atoms with Crippen molar-refractivity contribution in [3.8, 4) is 0 Å². The second kappa shape index (κ2) is 7.62. The molecule has 0 radical (unpaired) electrons. The van der Waals surface area contributed by atoms with E-state index in [1.807, 2.05) is 29.2 Å². The Morgan fingerprint density at radius 3 is 2.50 bits per heavy atom. The van der Waals surface area contributed by atoms with Crippen LogP contribution in [0, 0.1) is 0 Å². The number of hydrogen-bond donors (Lipinski definition) is 1. The molecule has 0 atom stereocenters. The maximum atomic E-state index is 12.0. The van der Waals surface area contributed by atoms with Gasteiger partial charge in [0.05, 0.1) is 6.54 Å². The van der Waals surface area contributed by atoms with E-state index in [1.54, 1.807) is 0 Å². The van der Waals surface area contributed by atoms with Crippen LogP contribution < -0.4 is 5.32 Å². The Balaban J connectivity index is 1.63. The van der Waals surface area contributed by atoms with Crippen molar-refractivity contribution in [2.24, 2.45) is 0 Å². The third-order valence-corrected chi connectivity index (χ3v) is 3.89. The quantitative estimate of drug-likeness (QED) is 0.831. The lowest BCUT2D eigenvalue weighted by Crippen LogP contribution is -2.49. The molecule has 1 fully saturated rings. The molecule has 1 aromatic carbocycles. The first-order chi connectivity index (χ1) is 9.65. The molecule has 0 unspecified atom stereocenters. The van der Waals surface area contributed by atoms with Crippen LogP contribution in [0.25, 0.3) is 0 Å². The minimum Gasteiger partial charge on any atom is -0.339 e. The van der Waals surface area contributed by atoms with Gasteiger partial charge in [-0.15, -0.1) is 0 Å². The fraction of sp³-hybridized carbons (Fsp3) is 0.533. The van der Waals surface area contributed by atoms with Crippen LogP contribution in [0.15, 0.2) is 24.3 Å². The van der Waals surface area contributed by atoms with Gasteiger partial charge in [-0.1, -0.05) is 23.7 Å². The van der Waals surface area contributed by atoms with Crippen molar-refractivity contribution in [3.63, 3.8) is 0 Å². The van der Waals surface area contributed by atoms with E-state index in [4.69, 9.17) is 11.6 Å². The van der Waals surface area contributed by atoms with E-state index in [2.05, 4.69) is 17.3 Å². The van der Waals surface area contributed by atoms with E-state index >= 15 is 0 Å². The number of halogens is 1. The van der Waals surface area contributed by atoms with Crippen molar-refractivity contribution in [2.75, 3.05) is 46.3 Å². The minimum atomic E-state index is 0.203. The fourth-order valence-corrected chi connectivity index (χ4v) is 2.37. The van der Waals surface area contributed by atoms with E-state index in [1.165, 1.54) is 5.56 Å². The molecule has 2 rings (SSSR count). The van der Waals surface area contributed by atoms with E-state index in [9.17, 15) is 4.79 Å². The van der Waals surface area contributed by atoms with Crippen molar-refractivity contribution in [1.29, 1.82) is 0 Å². The van der Waals surface area contributed by atoms with Crippen LogP contribution in [0.5, 0.6) is 0 Å². The lowest BCUT2D eigenvalue weighted by molar-refractivity contribution is -0.131. The van der Waals surface area contributed by atoms with Crippen LogP contribution >= 0.6 is 11.6 Å². The smallest absolute Gasteiger partial charge is 0.236 e. The summed E-state index contributed by atoms with van der Waals surface area (Å²) in [7, 11) is 2.09. The zero-order valence-corrected chi connectivity index (χ0v) is 12.7. The van der Waals surface area contributed by atoms with Crippen LogP contribution in [0.3, 0.4) is 0 Å². The lowest BCUT2D eigenvalue weighted by atomic mass is 10.1. The fourth-order valence-electron chi connectivity index (χ4n) is 2.25. The van der Waals surface area contributed by atoms with E-state index in [-0.39, 0.29) is 5.91 Å². The number of rotatable bonds is 5. The van der Waals surface area contributed by atoms with Crippen LogP contribution in [-0.2, 0) is 11.2 Å². The number of likely N-dealkylation sites (N-methyl/N-ethyl adjacent to an activating group) is 1. The second-order valence-electron chi connectivity index (χ2n) is 5.24. The zero-order valence-electron chi connectivity index (χ0n) is 11.9. The Morgan fingerprint density at radius 1 is 1.20 bits per heavy atom. The summed E-state index contributed by atoms with van der Waals surface area (Å²) in [6.07, 6.45) is 0.910. The highest BCUT2D eigenvalue weighted by molar-refractivity contribution is 6.30. The Kier molecular flexibility index (Phi) is 5.83. The maximum Gasteiger partial charge on any atom is 0.236 e. The van der Waals surface area contributed by atoms with Crippen LogP contribution in [0.4, 0.5) is 0 Å². The summed E-state index contributed by atoms with van der Waals surface area (Å²) in [6, 6.07) is 7.83. The molecule has 1 amide bonds. The van der Waals surface area contributed by atoms with E-state index in [0.29, 0.717) is 6.54 Å². The van der Waals surface area contributed by atoms with Crippen molar-refractivity contribution < 1.29 is 4.79 Å². The molecule has 1 heterocycles. The molecule has 5 heteroatoms. The first kappa shape index (κ1) is 15.3. The molecular formula is C15H22ClN3O. The zero-order chi connectivity index (χ0) is 14.4. The number of nitrogens with zero attached hydrogens (tertiary/aromatic N) is 2. The average molecular weight is 296 g/mol. The SMILES string of the molecule is CN1CCN(C(=O)CNCCc2ccc(Cl)cc2)CC1. The van der Waals surface area contributed by atoms with Gasteiger partial charge in [0, 0.05) is 31.2 Å². The lowest BCUT2D eigenvalue weighted by Gasteiger charge is -2.32. The van der Waals surface area contributed by atoms with Crippen LogP contribution in [0.1, 0.15) is 5.56 Å². The first-order valence-electron chi connectivity index (χ1n) is 7.06. The van der Waals surface area contributed by atoms with Crippen molar-refractivity contribution in [1.82, 2.24) is 15.1 Å². The van der Waals surface area contributed by atoms with Gasteiger partial charge in [0.15, 0.2) is 0 Å². The monoisotopic (exact) mass is 295 g/mol. The molecule has 0 bridgehead atoms. The van der Waals surface area contributed by atoms with Crippen LogP contribution in [-0.4, -0.2) is 62.0 Å². The Hall–Kier alpha value is -1.10. The topological polar surface area (TPSA) is 35.6 Å². The van der Waals surface area contributed by atoms with Crippen molar-refractivity contribution >= 4 is 17.5 Å². The largest absolute Gasteiger partial charge is 0.339 e. The van der Waals surface area contributed by atoms with Gasteiger partial charge in [0.2, 0.25) is 5.91 Å².